The number of benzene rings is 1. The van der Waals surface area contributed by atoms with E-state index >= 15 is 0 Å². The number of nitriles is 1. The lowest BCUT2D eigenvalue weighted by Gasteiger charge is -2.05. The summed E-state index contributed by atoms with van der Waals surface area (Å²) in [6, 6.07) is 6.29. The average molecular weight is 277 g/mol. The molecular formula is C14H15NO5. The smallest absolute Gasteiger partial charge is 0.348 e. The summed E-state index contributed by atoms with van der Waals surface area (Å²) < 4.78 is 14.5. The van der Waals surface area contributed by atoms with Crippen molar-refractivity contribution in [3.63, 3.8) is 0 Å². The Balaban J connectivity index is 2.86. The maximum Gasteiger partial charge on any atom is 0.348 e. The number of rotatable bonds is 6. The van der Waals surface area contributed by atoms with Gasteiger partial charge in [-0.15, -0.1) is 0 Å². The number of hydrogen-bond acceptors (Lipinski definition) is 6. The highest BCUT2D eigenvalue weighted by Crippen LogP contribution is 2.27. The third-order valence-corrected chi connectivity index (χ3v) is 2.37. The second kappa shape index (κ2) is 7.81. The predicted molar refractivity (Wildman–Crippen MR) is 71.1 cm³/mol. The zero-order chi connectivity index (χ0) is 15.0. The minimum absolute atomic E-state index is 0.0716. The minimum Gasteiger partial charge on any atom is -0.504 e. The van der Waals surface area contributed by atoms with Gasteiger partial charge in [0.25, 0.3) is 0 Å². The van der Waals surface area contributed by atoms with Crippen LogP contribution >= 0.6 is 0 Å². The van der Waals surface area contributed by atoms with Crippen LogP contribution < -0.4 is 4.74 Å². The minimum atomic E-state index is -0.736. The molecule has 0 bridgehead atoms. The average Bonchev–Trinajstić information content (AvgIpc) is 2.45. The van der Waals surface area contributed by atoms with E-state index < -0.39 is 5.97 Å². The summed E-state index contributed by atoms with van der Waals surface area (Å²) in [7, 11) is 2.91. The molecule has 0 spiro atoms. The molecule has 0 heterocycles. The van der Waals surface area contributed by atoms with Crippen LogP contribution in [0.25, 0.3) is 6.08 Å². The molecule has 0 amide bonds. The van der Waals surface area contributed by atoms with Gasteiger partial charge < -0.3 is 19.3 Å². The predicted octanol–water partition coefficient (Wildman–Crippen LogP) is 1.50. The van der Waals surface area contributed by atoms with E-state index in [-0.39, 0.29) is 24.5 Å². The van der Waals surface area contributed by atoms with Crippen molar-refractivity contribution in [1.82, 2.24) is 0 Å². The summed E-state index contributed by atoms with van der Waals surface area (Å²) in [6.07, 6.45) is 1.33. The highest BCUT2D eigenvalue weighted by molar-refractivity contribution is 5.97. The Labute approximate surface area is 116 Å². The van der Waals surface area contributed by atoms with Crippen molar-refractivity contribution in [2.24, 2.45) is 0 Å². The number of phenols is 1. The van der Waals surface area contributed by atoms with Crippen LogP contribution in [0.3, 0.4) is 0 Å². The molecule has 20 heavy (non-hydrogen) atoms. The number of ether oxygens (including phenoxy) is 3. The van der Waals surface area contributed by atoms with Gasteiger partial charge in [0, 0.05) is 7.11 Å². The number of carbonyl (C=O) groups is 1. The van der Waals surface area contributed by atoms with Crippen molar-refractivity contribution in [2.45, 2.75) is 0 Å². The Hall–Kier alpha value is -2.52. The van der Waals surface area contributed by atoms with Gasteiger partial charge in [0.2, 0.25) is 0 Å². The molecule has 1 N–H and O–H groups in total. The molecule has 0 aromatic heterocycles. The highest BCUT2D eigenvalue weighted by Gasteiger charge is 2.11. The maximum absolute atomic E-state index is 11.6. The monoisotopic (exact) mass is 277 g/mol. The van der Waals surface area contributed by atoms with Crippen LogP contribution in [0, 0.1) is 11.3 Å². The second-order valence-electron chi connectivity index (χ2n) is 3.73. The van der Waals surface area contributed by atoms with Crippen LogP contribution in [0.5, 0.6) is 11.5 Å². The van der Waals surface area contributed by atoms with Gasteiger partial charge in [0.1, 0.15) is 18.2 Å². The first-order valence-electron chi connectivity index (χ1n) is 5.77. The Morgan fingerprint density at radius 2 is 2.15 bits per heavy atom. The highest BCUT2D eigenvalue weighted by atomic mass is 16.6. The summed E-state index contributed by atoms with van der Waals surface area (Å²) in [4.78, 5) is 11.6. The largest absolute Gasteiger partial charge is 0.504 e. The van der Waals surface area contributed by atoms with E-state index in [1.54, 1.807) is 12.1 Å². The van der Waals surface area contributed by atoms with Gasteiger partial charge in [-0.3, -0.25) is 0 Å². The van der Waals surface area contributed by atoms with Crippen LogP contribution in [0.15, 0.2) is 23.8 Å². The Kier molecular flexibility index (Phi) is 6.07. The fourth-order valence-electron chi connectivity index (χ4n) is 1.40. The molecule has 0 aliphatic carbocycles. The second-order valence-corrected chi connectivity index (χ2v) is 3.73. The molecule has 6 nitrogen and oxygen atoms in total. The first kappa shape index (κ1) is 15.5. The standard InChI is InChI=1S/C14H15NO5/c1-18-5-6-20-14(17)11(9-15)7-10-3-4-13(19-2)12(16)8-10/h3-4,7-8,16H,5-6H2,1-2H3/b11-7-. The topological polar surface area (TPSA) is 88.8 Å². The molecule has 0 fully saturated rings. The van der Waals surface area contributed by atoms with E-state index in [1.807, 2.05) is 0 Å². The fraction of sp³-hybridized carbons (Fsp3) is 0.286. The summed E-state index contributed by atoms with van der Waals surface area (Å²) in [6.45, 7) is 0.329. The zero-order valence-electron chi connectivity index (χ0n) is 11.3. The lowest BCUT2D eigenvalue weighted by atomic mass is 10.1. The fourth-order valence-corrected chi connectivity index (χ4v) is 1.40. The quantitative estimate of drug-likeness (QED) is 0.367. The van der Waals surface area contributed by atoms with Crippen molar-refractivity contribution in [3.05, 3.63) is 29.3 Å². The van der Waals surface area contributed by atoms with Crippen molar-refractivity contribution in [3.8, 4) is 17.6 Å². The Bertz CT molecular complexity index is 545. The molecular weight excluding hydrogens is 262 g/mol. The van der Waals surface area contributed by atoms with Gasteiger partial charge in [-0.2, -0.15) is 5.26 Å². The van der Waals surface area contributed by atoms with Gasteiger partial charge in [0.15, 0.2) is 11.5 Å². The van der Waals surface area contributed by atoms with Crippen molar-refractivity contribution >= 4 is 12.0 Å². The van der Waals surface area contributed by atoms with Crippen LogP contribution in [-0.4, -0.2) is 38.5 Å². The Morgan fingerprint density at radius 3 is 2.70 bits per heavy atom. The van der Waals surface area contributed by atoms with E-state index in [1.165, 1.54) is 32.4 Å². The lowest BCUT2D eigenvalue weighted by Crippen LogP contribution is -2.11. The number of nitrogens with zero attached hydrogens (tertiary/aromatic N) is 1. The summed E-state index contributed by atoms with van der Waals surface area (Å²) >= 11 is 0. The molecule has 0 atom stereocenters. The first-order chi connectivity index (χ1) is 9.62. The van der Waals surface area contributed by atoms with Gasteiger partial charge >= 0.3 is 5.97 Å². The molecule has 0 saturated heterocycles. The van der Waals surface area contributed by atoms with E-state index in [2.05, 4.69) is 0 Å². The number of phenolic OH excluding ortho intramolecular Hbond substituents is 1. The Morgan fingerprint density at radius 1 is 1.40 bits per heavy atom. The van der Waals surface area contributed by atoms with Crippen molar-refractivity contribution in [2.75, 3.05) is 27.4 Å². The molecule has 0 aliphatic rings. The number of carbonyl (C=O) groups excluding carboxylic acids is 1. The van der Waals surface area contributed by atoms with Crippen LogP contribution in [0.4, 0.5) is 0 Å². The lowest BCUT2D eigenvalue weighted by molar-refractivity contribution is -0.139. The van der Waals surface area contributed by atoms with Crippen molar-refractivity contribution in [1.29, 1.82) is 5.26 Å². The third kappa shape index (κ3) is 4.30. The van der Waals surface area contributed by atoms with E-state index in [9.17, 15) is 9.90 Å². The maximum atomic E-state index is 11.6. The van der Waals surface area contributed by atoms with Gasteiger partial charge in [-0.05, 0) is 23.8 Å². The molecule has 1 aromatic rings. The molecule has 0 saturated carbocycles. The van der Waals surface area contributed by atoms with Gasteiger partial charge in [0.05, 0.1) is 13.7 Å². The number of aromatic hydroxyl groups is 1. The molecule has 0 unspecified atom stereocenters. The molecule has 0 aliphatic heterocycles. The molecule has 6 heteroatoms. The van der Waals surface area contributed by atoms with Crippen LogP contribution in [-0.2, 0) is 14.3 Å². The van der Waals surface area contributed by atoms with Gasteiger partial charge in [-0.25, -0.2) is 4.79 Å². The van der Waals surface area contributed by atoms with E-state index in [0.717, 1.165) is 0 Å². The third-order valence-electron chi connectivity index (χ3n) is 2.37. The molecule has 1 aromatic carbocycles. The van der Waals surface area contributed by atoms with E-state index in [4.69, 9.17) is 19.5 Å². The van der Waals surface area contributed by atoms with Crippen molar-refractivity contribution < 1.29 is 24.1 Å². The van der Waals surface area contributed by atoms with E-state index in [0.29, 0.717) is 11.3 Å². The normalized spacial score (nSPS) is 10.8. The molecule has 0 radical (unpaired) electrons. The molecule has 1 rings (SSSR count). The number of methoxy groups -OCH3 is 2. The number of hydrogen-bond donors (Lipinski definition) is 1. The van der Waals surface area contributed by atoms with Crippen LogP contribution in [0.1, 0.15) is 5.56 Å². The summed E-state index contributed by atoms with van der Waals surface area (Å²) in [5.41, 5.74) is 0.328. The SMILES string of the molecule is COCCOC(=O)/C(C#N)=C\c1ccc(OC)c(O)c1. The van der Waals surface area contributed by atoms with Gasteiger partial charge in [-0.1, -0.05) is 6.07 Å². The molecule has 106 valence electrons. The summed E-state index contributed by atoms with van der Waals surface area (Å²) in [5, 5.41) is 18.6. The number of esters is 1. The first-order valence-corrected chi connectivity index (χ1v) is 5.77. The summed E-state index contributed by atoms with van der Waals surface area (Å²) in [5.74, 6) is -0.505. The van der Waals surface area contributed by atoms with Crippen LogP contribution in [0.2, 0.25) is 0 Å². The zero-order valence-corrected chi connectivity index (χ0v) is 11.3.